The molecule has 6 heteroatoms. The fraction of sp³-hybridized carbons (Fsp3) is 0.263. The first-order valence-corrected chi connectivity index (χ1v) is 8.41. The Morgan fingerprint density at radius 3 is 3.08 bits per heavy atom. The maximum Gasteiger partial charge on any atom is 0.298 e. The van der Waals surface area contributed by atoms with Crippen LogP contribution in [-0.2, 0) is 4.79 Å². The molecule has 1 saturated heterocycles. The Morgan fingerprint density at radius 1 is 1.32 bits per heavy atom. The van der Waals surface area contributed by atoms with Gasteiger partial charge in [0.2, 0.25) is 5.91 Å². The van der Waals surface area contributed by atoms with E-state index in [-0.39, 0.29) is 11.9 Å². The zero-order valence-electron chi connectivity index (χ0n) is 13.7. The third-order valence-corrected chi connectivity index (χ3v) is 4.36. The monoisotopic (exact) mass is 337 g/mol. The fourth-order valence-corrected chi connectivity index (χ4v) is 3.10. The lowest BCUT2D eigenvalue weighted by atomic mass is 10.2. The van der Waals surface area contributed by atoms with Crippen molar-refractivity contribution in [1.82, 2.24) is 10.3 Å². The molecule has 0 unspecified atom stereocenters. The largest absolute Gasteiger partial charge is 0.465 e. The van der Waals surface area contributed by atoms with Crippen molar-refractivity contribution >= 4 is 29.1 Å². The number of anilines is 1. The van der Waals surface area contributed by atoms with E-state index in [0.29, 0.717) is 18.3 Å². The smallest absolute Gasteiger partial charge is 0.298 e. The predicted molar refractivity (Wildman–Crippen MR) is 95.1 cm³/mol. The second kappa shape index (κ2) is 6.84. The topological polar surface area (TPSA) is 71.5 Å². The number of benzene rings is 1. The molecule has 0 saturated carbocycles. The first-order chi connectivity index (χ1) is 12.3. The molecule has 1 aliphatic rings. The Labute approximate surface area is 145 Å². The molecule has 1 fully saturated rings. The first kappa shape index (κ1) is 15.5. The van der Waals surface area contributed by atoms with Crippen molar-refractivity contribution < 1.29 is 13.6 Å². The third kappa shape index (κ3) is 3.42. The van der Waals surface area contributed by atoms with E-state index < -0.39 is 0 Å². The van der Waals surface area contributed by atoms with Crippen LogP contribution in [0.5, 0.6) is 0 Å². The van der Waals surface area contributed by atoms with Gasteiger partial charge in [-0.25, -0.2) is 0 Å². The summed E-state index contributed by atoms with van der Waals surface area (Å²) >= 11 is 0. The van der Waals surface area contributed by atoms with Crippen LogP contribution in [-0.4, -0.2) is 30.0 Å². The SMILES string of the molecule is O=C(/C=C/c1ccco1)NC[C@H]1CCCN1c1nc2ccccc2o1. The fourth-order valence-electron chi connectivity index (χ4n) is 3.10. The summed E-state index contributed by atoms with van der Waals surface area (Å²) in [4.78, 5) is 18.7. The van der Waals surface area contributed by atoms with Crippen LogP contribution < -0.4 is 10.2 Å². The lowest BCUT2D eigenvalue weighted by Crippen LogP contribution is -2.39. The highest BCUT2D eigenvalue weighted by molar-refractivity contribution is 5.91. The number of nitrogens with zero attached hydrogens (tertiary/aromatic N) is 2. The lowest BCUT2D eigenvalue weighted by Gasteiger charge is -2.22. The van der Waals surface area contributed by atoms with Crippen LogP contribution in [0.2, 0.25) is 0 Å². The molecule has 25 heavy (non-hydrogen) atoms. The summed E-state index contributed by atoms with van der Waals surface area (Å²) in [6, 6.07) is 12.1. The van der Waals surface area contributed by atoms with E-state index in [0.717, 1.165) is 30.5 Å². The third-order valence-electron chi connectivity index (χ3n) is 4.36. The Hall–Kier alpha value is -3.02. The van der Waals surface area contributed by atoms with Crippen molar-refractivity contribution in [3.63, 3.8) is 0 Å². The van der Waals surface area contributed by atoms with Crippen molar-refractivity contribution in [2.45, 2.75) is 18.9 Å². The highest BCUT2D eigenvalue weighted by atomic mass is 16.4. The molecule has 128 valence electrons. The second-order valence-corrected chi connectivity index (χ2v) is 6.05. The van der Waals surface area contributed by atoms with Crippen LogP contribution in [0, 0.1) is 0 Å². The van der Waals surface area contributed by atoms with Gasteiger partial charge in [0.25, 0.3) is 6.01 Å². The molecule has 1 N–H and O–H groups in total. The van der Waals surface area contributed by atoms with Crippen LogP contribution in [0.25, 0.3) is 17.2 Å². The lowest BCUT2D eigenvalue weighted by molar-refractivity contribution is -0.116. The number of oxazole rings is 1. The number of hydrogen-bond donors (Lipinski definition) is 1. The second-order valence-electron chi connectivity index (χ2n) is 6.05. The molecule has 0 radical (unpaired) electrons. The van der Waals surface area contributed by atoms with E-state index in [4.69, 9.17) is 8.83 Å². The number of aromatic nitrogens is 1. The van der Waals surface area contributed by atoms with Gasteiger partial charge in [0.15, 0.2) is 5.58 Å². The van der Waals surface area contributed by atoms with Crippen molar-refractivity contribution in [3.05, 3.63) is 54.5 Å². The van der Waals surface area contributed by atoms with Gasteiger partial charge in [-0.1, -0.05) is 12.1 Å². The van der Waals surface area contributed by atoms with E-state index in [1.165, 1.54) is 6.08 Å². The molecular formula is C19H19N3O3. The van der Waals surface area contributed by atoms with Gasteiger partial charge in [0.05, 0.1) is 12.3 Å². The molecule has 4 rings (SSSR count). The number of hydrogen-bond acceptors (Lipinski definition) is 5. The number of amides is 1. The molecule has 3 heterocycles. The molecule has 1 aliphatic heterocycles. The zero-order valence-corrected chi connectivity index (χ0v) is 13.7. The van der Waals surface area contributed by atoms with E-state index in [1.807, 2.05) is 24.3 Å². The highest BCUT2D eigenvalue weighted by Gasteiger charge is 2.28. The van der Waals surface area contributed by atoms with Crippen LogP contribution in [0.3, 0.4) is 0 Å². The number of carbonyl (C=O) groups excluding carboxylic acids is 1. The average Bonchev–Trinajstić information content (AvgIpc) is 3.37. The maximum absolute atomic E-state index is 12.0. The summed E-state index contributed by atoms with van der Waals surface area (Å²) in [7, 11) is 0. The van der Waals surface area contributed by atoms with Crippen LogP contribution in [0.1, 0.15) is 18.6 Å². The molecule has 0 aliphatic carbocycles. The van der Waals surface area contributed by atoms with Crippen LogP contribution in [0.15, 0.2) is 57.6 Å². The normalized spacial score (nSPS) is 17.6. The number of furan rings is 1. The maximum atomic E-state index is 12.0. The van der Waals surface area contributed by atoms with Crippen molar-refractivity contribution in [3.8, 4) is 0 Å². The minimum Gasteiger partial charge on any atom is -0.465 e. The predicted octanol–water partition coefficient (Wildman–Crippen LogP) is 3.22. The molecule has 0 bridgehead atoms. The van der Waals surface area contributed by atoms with Crippen molar-refractivity contribution in [1.29, 1.82) is 0 Å². The highest BCUT2D eigenvalue weighted by Crippen LogP contribution is 2.27. The Morgan fingerprint density at radius 2 is 2.24 bits per heavy atom. The minimum absolute atomic E-state index is 0.138. The van der Waals surface area contributed by atoms with E-state index >= 15 is 0 Å². The van der Waals surface area contributed by atoms with Gasteiger partial charge in [0.1, 0.15) is 11.3 Å². The quantitative estimate of drug-likeness (QED) is 0.724. The average molecular weight is 337 g/mol. The molecular weight excluding hydrogens is 318 g/mol. The molecule has 1 atom stereocenters. The summed E-state index contributed by atoms with van der Waals surface area (Å²) in [6.07, 6.45) is 6.77. The minimum atomic E-state index is -0.138. The summed E-state index contributed by atoms with van der Waals surface area (Å²) in [5.41, 5.74) is 1.64. The van der Waals surface area contributed by atoms with Gasteiger partial charge in [-0.15, -0.1) is 0 Å². The number of fused-ring (bicyclic) bond motifs is 1. The number of carbonyl (C=O) groups is 1. The van der Waals surface area contributed by atoms with Crippen LogP contribution >= 0.6 is 0 Å². The Kier molecular flexibility index (Phi) is 4.24. The standard InChI is InChI=1S/C19H19N3O3/c23-18(10-9-15-6-4-12-24-15)20-13-14-5-3-11-22(14)19-21-16-7-1-2-8-17(16)25-19/h1-2,4,6-10,12,14H,3,5,11,13H2,(H,20,23)/b10-9+/t14-/m1/s1. The summed E-state index contributed by atoms with van der Waals surface area (Å²) in [5.74, 6) is 0.518. The summed E-state index contributed by atoms with van der Waals surface area (Å²) in [5, 5.41) is 2.94. The molecule has 1 amide bonds. The van der Waals surface area contributed by atoms with Gasteiger partial charge >= 0.3 is 0 Å². The molecule has 1 aromatic carbocycles. The summed E-state index contributed by atoms with van der Waals surface area (Å²) in [6.45, 7) is 1.44. The van der Waals surface area contributed by atoms with E-state index in [9.17, 15) is 4.79 Å². The van der Waals surface area contributed by atoms with Crippen molar-refractivity contribution in [2.75, 3.05) is 18.0 Å². The molecule has 2 aromatic heterocycles. The number of nitrogens with one attached hydrogen (secondary N) is 1. The van der Waals surface area contributed by atoms with Crippen molar-refractivity contribution in [2.24, 2.45) is 0 Å². The van der Waals surface area contributed by atoms with E-state index in [2.05, 4.69) is 15.2 Å². The van der Waals surface area contributed by atoms with Gasteiger partial charge < -0.3 is 19.1 Å². The van der Waals surface area contributed by atoms with Crippen LogP contribution in [0.4, 0.5) is 6.01 Å². The van der Waals surface area contributed by atoms with Gasteiger partial charge in [-0.05, 0) is 43.2 Å². The van der Waals surface area contributed by atoms with Gasteiger partial charge in [0, 0.05) is 19.2 Å². The number of para-hydroxylation sites is 2. The van der Waals surface area contributed by atoms with E-state index in [1.54, 1.807) is 24.5 Å². The Bertz CT molecular complexity index is 849. The zero-order chi connectivity index (χ0) is 17.1. The van der Waals surface area contributed by atoms with Gasteiger partial charge in [-0.3, -0.25) is 4.79 Å². The summed E-state index contributed by atoms with van der Waals surface area (Å²) < 4.78 is 11.0. The number of rotatable bonds is 5. The first-order valence-electron chi connectivity index (χ1n) is 8.41. The molecule has 0 spiro atoms. The Balaban J connectivity index is 1.39. The van der Waals surface area contributed by atoms with Gasteiger partial charge in [-0.2, -0.15) is 4.98 Å². The molecule has 3 aromatic rings. The molecule has 6 nitrogen and oxygen atoms in total.